The number of hydrogen-bond donors (Lipinski definition) is 1. The maximum Gasteiger partial charge on any atom is 0.263 e. The Balaban J connectivity index is 1.33. The zero-order valence-corrected chi connectivity index (χ0v) is 19.8. The molecule has 5 rings (SSSR count). The molecule has 2 aliphatic heterocycles. The lowest BCUT2D eigenvalue weighted by atomic mass is 10.1. The van der Waals surface area contributed by atoms with Gasteiger partial charge in [-0.15, -0.1) is 10.2 Å². The van der Waals surface area contributed by atoms with Crippen molar-refractivity contribution in [3.63, 3.8) is 0 Å². The van der Waals surface area contributed by atoms with Crippen LogP contribution < -0.4 is 14.5 Å². The summed E-state index contributed by atoms with van der Waals surface area (Å²) in [5, 5.41) is 8.54. The topological polar surface area (TPSA) is 95.5 Å². The lowest BCUT2D eigenvalue weighted by Gasteiger charge is -2.26. The van der Waals surface area contributed by atoms with Crippen LogP contribution in [0.15, 0.2) is 41.3 Å². The number of carbonyl (C=O) groups excluding carboxylic acids is 1. The largest absolute Gasteiger partial charge is 0.359 e. The van der Waals surface area contributed by atoms with Crippen molar-refractivity contribution in [1.82, 2.24) is 10.2 Å². The molecular weight excluding hydrogens is 489 g/mol. The summed E-state index contributed by atoms with van der Waals surface area (Å²) in [5.41, 5.74) is 2.14. The molecule has 3 aromatic rings. The van der Waals surface area contributed by atoms with Crippen LogP contribution in [-0.2, 0) is 21.2 Å². The molecule has 0 spiro atoms. The van der Waals surface area contributed by atoms with Crippen LogP contribution in [-0.4, -0.2) is 43.7 Å². The van der Waals surface area contributed by atoms with Crippen molar-refractivity contribution in [3.05, 3.63) is 57.8 Å². The Bertz CT molecular complexity index is 1350. The number of aromatic nitrogens is 2. The second kappa shape index (κ2) is 8.23. The van der Waals surface area contributed by atoms with E-state index in [0.29, 0.717) is 36.6 Å². The van der Waals surface area contributed by atoms with Crippen molar-refractivity contribution in [1.29, 1.82) is 0 Å². The fraction of sp³-hybridized carbons (Fsp3) is 0.286. The van der Waals surface area contributed by atoms with E-state index >= 15 is 0 Å². The van der Waals surface area contributed by atoms with E-state index in [1.165, 1.54) is 18.2 Å². The monoisotopic (exact) mass is 507 g/mol. The van der Waals surface area contributed by atoms with Gasteiger partial charge in [-0.05, 0) is 61.7 Å². The van der Waals surface area contributed by atoms with Crippen LogP contribution in [0.4, 0.5) is 20.9 Å². The van der Waals surface area contributed by atoms with Gasteiger partial charge in [0, 0.05) is 24.5 Å². The van der Waals surface area contributed by atoms with Gasteiger partial charge < -0.3 is 9.80 Å². The molecule has 0 unspecified atom stereocenters. The molecule has 2 aromatic carbocycles. The first-order valence-corrected chi connectivity index (χ1v) is 12.9. The van der Waals surface area contributed by atoms with Crippen LogP contribution in [0.25, 0.3) is 0 Å². The number of nitrogens with zero attached hydrogens (tertiary/aromatic N) is 4. The average Bonchev–Trinajstić information content (AvgIpc) is 3.49. The van der Waals surface area contributed by atoms with Gasteiger partial charge in [-0.3, -0.25) is 9.52 Å². The summed E-state index contributed by atoms with van der Waals surface area (Å²) in [6.45, 7) is 2.83. The summed E-state index contributed by atoms with van der Waals surface area (Å²) >= 11 is 7.26. The normalized spacial score (nSPS) is 18.2. The highest BCUT2D eigenvalue weighted by molar-refractivity contribution is 7.93. The van der Waals surface area contributed by atoms with Gasteiger partial charge in [0.05, 0.1) is 9.92 Å². The Labute approximate surface area is 199 Å². The molecule has 2 aliphatic rings. The van der Waals surface area contributed by atoms with Gasteiger partial charge in [-0.2, -0.15) is 0 Å². The van der Waals surface area contributed by atoms with E-state index in [1.54, 1.807) is 30.0 Å². The van der Waals surface area contributed by atoms with E-state index in [4.69, 9.17) is 11.6 Å². The minimum Gasteiger partial charge on any atom is -0.359 e. The Morgan fingerprint density at radius 2 is 1.91 bits per heavy atom. The fourth-order valence-electron chi connectivity index (χ4n) is 4.29. The lowest BCUT2D eigenvalue weighted by Crippen LogP contribution is -2.41. The Hall–Kier alpha value is -2.76. The van der Waals surface area contributed by atoms with Crippen molar-refractivity contribution in [2.45, 2.75) is 30.7 Å². The number of aryl methyl sites for hydroxylation is 1. The van der Waals surface area contributed by atoms with Crippen LogP contribution in [0.1, 0.15) is 17.0 Å². The summed E-state index contributed by atoms with van der Waals surface area (Å²) in [6, 6.07) is 8.77. The molecule has 1 atom stereocenters. The summed E-state index contributed by atoms with van der Waals surface area (Å²) < 4.78 is 41.4. The number of hydrogen-bond acceptors (Lipinski definition) is 7. The summed E-state index contributed by atoms with van der Waals surface area (Å²) in [4.78, 5) is 16.9. The molecule has 0 saturated carbocycles. The first-order valence-electron chi connectivity index (χ1n) is 10.2. The molecule has 33 heavy (non-hydrogen) atoms. The lowest BCUT2D eigenvalue weighted by molar-refractivity contribution is -0.118. The molecule has 172 valence electrons. The third-order valence-electron chi connectivity index (χ3n) is 5.84. The molecule has 1 amide bonds. The summed E-state index contributed by atoms with van der Waals surface area (Å²) in [7, 11) is -3.82. The number of benzene rings is 2. The minimum absolute atomic E-state index is 0.0624. The van der Waals surface area contributed by atoms with E-state index in [2.05, 4.69) is 14.9 Å². The van der Waals surface area contributed by atoms with Crippen LogP contribution in [0.5, 0.6) is 0 Å². The number of carbonyl (C=O) groups is 1. The zero-order valence-electron chi connectivity index (χ0n) is 17.5. The highest BCUT2D eigenvalue weighted by Gasteiger charge is 2.39. The Morgan fingerprint density at radius 3 is 2.61 bits per heavy atom. The van der Waals surface area contributed by atoms with E-state index < -0.39 is 15.8 Å². The molecule has 0 bridgehead atoms. The van der Waals surface area contributed by atoms with Crippen molar-refractivity contribution >= 4 is 55.4 Å². The van der Waals surface area contributed by atoms with Crippen LogP contribution in [0.2, 0.25) is 5.02 Å². The van der Waals surface area contributed by atoms with E-state index in [9.17, 15) is 17.6 Å². The molecule has 0 radical (unpaired) electrons. The van der Waals surface area contributed by atoms with E-state index in [-0.39, 0.29) is 27.0 Å². The average molecular weight is 508 g/mol. The first kappa shape index (κ1) is 22.1. The highest BCUT2D eigenvalue weighted by atomic mass is 35.5. The molecule has 1 aromatic heterocycles. The van der Waals surface area contributed by atoms with Crippen LogP contribution in [0.3, 0.4) is 0 Å². The van der Waals surface area contributed by atoms with Gasteiger partial charge in [0.15, 0.2) is 0 Å². The highest BCUT2D eigenvalue weighted by Crippen LogP contribution is 2.38. The molecule has 12 heteroatoms. The molecule has 3 heterocycles. The third kappa shape index (κ3) is 3.94. The first-order chi connectivity index (χ1) is 15.7. The number of anilines is 3. The predicted octanol–water partition coefficient (Wildman–Crippen LogP) is 3.61. The van der Waals surface area contributed by atoms with Crippen molar-refractivity contribution in [2.75, 3.05) is 27.6 Å². The standard InChI is InChI=1S/C21H19ClFN5O3S2/c1-12-24-25-21(32-12)26-33(30,31)14-4-2-13(3-5-14)27-11-9-18(20(27)29)28-10-8-15-17(28)7-6-16(23)19(15)22/h2-7,18H,8-11H2,1H3,(H,25,26)/t18-/m0/s1. The number of nitrogens with one attached hydrogen (secondary N) is 1. The predicted molar refractivity (Wildman–Crippen MR) is 125 cm³/mol. The van der Waals surface area contributed by atoms with Crippen molar-refractivity contribution < 1.29 is 17.6 Å². The number of sulfonamides is 1. The fourth-order valence-corrected chi connectivity index (χ4v) is 6.37. The quantitative estimate of drug-likeness (QED) is 0.567. The number of rotatable bonds is 5. The maximum atomic E-state index is 13.8. The van der Waals surface area contributed by atoms with Gasteiger partial charge >= 0.3 is 0 Å². The van der Waals surface area contributed by atoms with Gasteiger partial charge in [0.1, 0.15) is 16.9 Å². The molecule has 1 N–H and O–H groups in total. The van der Waals surface area contributed by atoms with Crippen LogP contribution in [0, 0.1) is 12.7 Å². The zero-order chi connectivity index (χ0) is 23.3. The second-order valence-corrected chi connectivity index (χ2v) is 11.1. The molecular formula is C21H19ClFN5O3S2. The van der Waals surface area contributed by atoms with E-state index in [1.807, 2.05) is 4.90 Å². The van der Waals surface area contributed by atoms with E-state index in [0.717, 1.165) is 22.6 Å². The minimum atomic E-state index is -3.82. The Morgan fingerprint density at radius 1 is 1.15 bits per heavy atom. The van der Waals surface area contributed by atoms with Gasteiger partial charge in [-0.1, -0.05) is 22.9 Å². The Kier molecular flexibility index (Phi) is 5.50. The SMILES string of the molecule is Cc1nnc(NS(=O)(=O)c2ccc(N3CC[C@H](N4CCc5c4ccc(F)c5Cl)C3=O)cc2)s1. The molecule has 1 saturated heterocycles. The number of amides is 1. The molecule has 0 aliphatic carbocycles. The third-order valence-corrected chi connectivity index (χ3v) is 8.49. The summed E-state index contributed by atoms with van der Waals surface area (Å²) in [6.07, 6.45) is 1.19. The van der Waals surface area contributed by atoms with Crippen molar-refractivity contribution in [2.24, 2.45) is 0 Å². The van der Waals surface area contributed by atoms with Crippen LogP contribution >= 0.6 is 22.9 Å². The van der Waals surface area contributed by atoms with Gasteiger partial charge in [-0.25, -0.2) is 12.8 Å². The molecule has 1 fully saturated rings. The molecule has 8 nitrogen and oxygen atoms in total. The second-order valence-electron chi connectivity index (χ2n) is 7.82. The number of fused-ring (bicyclic) bond motifs is 1. The maximum absolute atomic E-state index is 13.8. The number of halogens is 2. The smallest absolute Gasteiger partial charge is 0.263 e. The van der Waals surface area contributed by atoms with Gasteiger partial charge in [0.2, 0.25) is 11.0 Å². The van der Waals surface area contributed by atoms with Gasteiger partial charge in [0.25, 0.3) is 10.0 Å². The van der Waals surface area contributed by atoms with Crippen molar-refractivity contribution in [3.8, 4) is 0 Å². The summed E-state index contributed by atoms with van der Waals surface area (Å²) in [5.74, 6) is -0.538.